The molecule has 7 nitrogen and oxygen atoms in total. The lowest BCUT2D eigenvalue weighted by Gasteiger charge is -2.21. The first kappa shape index (κ1) is 20.5. The van der Waals surface area contributed by atoms with Crippen LogP contribution in [0, 0.1) is 0 Å². The number of carbonyl (C=O) groups is 2. The number of amides is 2. The Morgan fingerprint density at radius 2 is 1.90 bits per heavy atom. The van der Waals surface area contributed by atoms with E-state index in [-0.39, 0.29) is 23.6 Å². The smallest absolute Gasteiger partial charge is 0.255 e. The van der Waals surface area contributed by atoms with Crippen molar-refractivity contribution in [1.82, 2.24) is 15.2 Å². The number of hydrogen-bond donors (Lipinski definition) is 1. The molecule has 0 unspecified atom stereocenters. The fraction of sp³-hybridized carbons (Fsp3) is 0.409. The number of benzene rings is 1. The summed E-state index contributed by atoms with van der Waals surface area (Å²) < 4.78 is 11.1. The molecule has 3 heterocycles. The Labute approximate surface area is 180 Å². The molecule has 1 fully saturated rings. The summed E-state index contributed by atoms with van der Waals surface area (Å²) in [5, 5.41) is 3.71. The number of thioether (sulfide) groups is 1. The highest BCUT2D eigenvalue weighted by Crippen LogP contribution is 2.32. The fourth-order valence-corrected chi connectivity index (χ4v) is 4.18. The fourth-order valence-electron chi connectivity index (χ4n) is 3.53. The molecule has 4 rings (SSSR count). The Balaban J connectivity index is 1.27. The second-order valence-electron chi connectivity index (χ2n) is 7.37. The lowest BCUT2D eigenvalue weighted by molar-refractivity contribution is -0.119. The summed E-state index contributed by atoms with van der Waals surface area (Å²) in [6, 6.07) is 9.14. The van der Waals surface area contributed by atoms with Crippen LogP contribution >= 0.6 is 11.8 Å². The second-order valence-corrected chi connectivity index (χ2v) is 8.36. The average molecular weight is 428 g/mol. The van der Waals surface area contributed by atoms with Gasteiger partial charge in [-0.05, 0) is 49.6 Å². The van der Waals surface area contributed by atoms with E-state index in [2.05, 4.69) is 10.3 Å². The molecule has 1 atom stereocenters. The summed E-state index contributed by atoms with van der Waals surface area (Å²) in [6.45, 7) is 4.65. The normalized spacial score (nSPS) is 16.2. The number of carbonyl (C=O) groups excluding carboxylic acids is 2. The van der Waals surface area contributed by atoms with E-state index in [1.165, 1.54) is 11.8 Å². The third-order valence-electron chi connectivity index (χ3n) is 5.17. The first-order valence-electron chi connectivity index (χ1n) is 10.2. The van der Waals surface area contributed by atoms with Gasteiger partial charge in [-0.3, -0.25) is 9.59 Å². The summed E-state index contributed by atoms with van der Waals surface area (Å²) in [4.78, 5) is 30.9. The third-order valence-corrected chi connectivity index (χ3v) is 6.12. The number of aromatic nitrogens is 1. The van der Waals surface area contributed by atoms with E-state index >= 15 is 0 Å². The molecule has 1 N–H and O–H groups in total. The van der Waals surface area contributed by atoms with Crippen molar-refractivity contribution in [3.05, 3.63) is 47.7 Å². The van der Waals surface area contributed by atoms with Gasteiger partial charge in [0.1, 0.15) is 13.2 Å². The quantitative estimate of drug-likeness (QED) is 0.714. The van der Waals surface area contributed by atoms with Crippen molar-refractivity contribution in [2.24, 2.45) is 0 Å². The van der Waals surface area contributed by atoms with Crippen molar-refractivity contribution >= 4 is 23.6 Å². The van der Waals surface area contributed by atoms with Gasteiger partial charge < -0.3 is 19.7 Å². The zero-order chi connectivity index (χ0) is 20.9. The van der Waals surface area contributed by atoms with E-state index in [0.717, 1.165) is 42.3 Å². The number of ether oxygens (including phenoxy) is 2. The number of hydrogen-bond acceptors (Lipinski definition) is 6. The van der Waals surface area contributed by atoms with Gasteiger partial charge in [0.25, 0.3) is 5.91 Å². The third kappa shape index (κ3) is 4.87. The SMILES string of the molecule is C[C@@H](NC(=O)CSc1ccc(C(=O)N2CCCC2)cn1)c1ccc2c(c1)OCCO2. The van der Waals surface area contributed by atoms with Crippen molar-refractivity contribution in [2.45, 2.75) is 30.8 Å². The molecule has 0 saturated carbocycles. The average Bonchev–Trinajstić information content (AvgIpc) is 3.32. The van der Waals surface area contributed by atoms with E-state index < -0.39 is 0 Å². The summed E-state index contributed by atoms with van der Waals surface area (Å²) in [7, 11) is 0. The van der Waals surface area contributed by atoms with Gasteiger partial charge in [-0.1, -0.05) is 17.8 Å². The monoisotopic (exact) mass is 427 g/mol. The molecule has 2 aliphatic rings. The highest BCUT2D eigenvalue weighted by Gasteiger charge is 2.20. The molecule has 30 heavy (non-hydrogen) atoms. The van der Waals surface area contributed by atoms with Gasteiger partial charge in [-0.25, -0.2) is 4.98 Å². The predicted molar refractivity (Wildman–Crippen MR) is 114 cm³/mol. The Bertz CT molecular complexity index is 913. The summed E-state index contributed by atoms with van der Waals surface area (Å²) in [5.74, 6) is 1.64. The lowest BCUT2D eigenvalue weighted by Crippen LogP contribution is -2.28. The maximum absolute atomic E-state index is 12.4. The minimum absolute atomic E-state index is 0.0301. The maximum atomic E-state index is 12.4. The molecule has 0 spiro atoms. The molecule has 2 amide bonds. The second kappa shape index (κ2) is 9.38. The van der Waals surface area contributed by atoms with Crippen LogP contribution in [0.25, 0.3) is 0 Å². The number of likely N-dealkylation sites (tertiary alicyclic amines) is 1. The summed E-state index contributed by atoms with van der Waals surface area (Å²) in [6.07, 6.45) is 3.72. The Hall–Kier alpha value is -2.74. The van der Waals surface area contributed by atoms with Gasteiger partial charge in [0.05, 0.1) is 22.4 Å². The van der Waals surface area contributed by atoms with Crippen LogP contribution in [-0.4, -0.2) is 53.8 Å². The molecule has 0 radical (unpaired) electrons. The van der Waals surface area contributed by atoms with Gasteiger partial charge >= 0.3 is 0 Å². The molecule has 0 bridgehead atoms. The number of nitrogens with zero attached hydrogens (tertiary/aromatic N) is 2. The largest absolute Gasteiger partial charge is 0.486 e. The number of pyridine rings is 1. The topological polar surface area (TPSA) is 80.8 Å². The number of rotatable bonds is 6. The molecule has 0 aliphatic carbocycles. The zero-order valence-electron chi connectivity index (χ0n) is 16.9. The van der Waals surface area contributed by atoms with Gasteiger partial charge in [-0.2, -0.15) is 0 Å². The summed E-state index contributed by atoms with van der Waals surface area (Å²) in [5.41, 5.74) is 1.55. The van der Waals surface area contributed by atoms with Crippen molar-refractivity contribution in [1.29, 1.82) is 0 Å². The molecule has 1 aromatic carbocycles. The van der Waals surface area contributed by atoms with Crippen molar-refractivity contribution in [3.63, 3.8) is 0 Å². The van der Waals surface area contributed by atoms with Crippen LogP contribution in [0.4, 0.5) is 0 Å². The van der Waals surface area contributed by atoms with Gasteiger partial charge in [-0.15, -0.1) is 0 Å². The van der Waals surface area contributed by atoms with E-state index in [4.69, 9.17) is 9.47 Å². The van der Waals surface area contributed by atoms with E-state index in [9.17, 15) is 9.59 Å². The molecule has 2 aromatic rings. The minimum atomic E-state index is -0.151. The molecule has 158 valence electrons. The Morgan fingerprint density at radius 3 is 2.63 bits per heavy atom. The highest BCUT2D eigenvalue weighted by molar-refractivity contribution is 7.99. The zero-order valence-corrected chi connectivity index (χ0v) is 17.7. The van der Waals surface area contributed by atoms with Crippen LogP contribution in [0.2, 0.25) is 0 Å². The Morgan fingerprint density at radius 1 is 1.13 bits per heavy atom. The van der Waals surface area contributed by atoms with Gasteiger partial charge in [0.15, 0.2) is 11.5 Å². The van der Waals surface area contributed by atoms with E-state index in [1.807, 2.05) is 30.0 Å². The molecule has 1 saturated heterocycles. The van der Waals surface area contributed by atoms with Crippen LogP contribution in [-0.2, 0) is 4.79 Å². The van der Waals surface area contributed by atoms with Gasteiger partial charge in [0, 0.05) is 19.3 Å². The van der Waals surface area contributed by atoms with Crippen molar-refractivity contribution in [3.8, 4) is 11.5 Å². The van der Waals surface area contributed by atoms with Gasteiger partial charge in [0.2, 0.25) is 5.91 Å². The lowest BCUT2D eigenvalue weighted by atomic mass is 10.1. The standard InChI is InChI=1S/C22H25N3O4S/c1-15(16-4-6-18-19(12-16)29-11-10-28-18)24-20(26)14-30-21-7-5-17(13-23-21)22(27)25-8-2-3-9-25/h4-7,12-13,15H,2-3,8-11,14H2,1H3,(H,24,26)/t15-/m1/s1. The molecular weight excluding hydrogens is 402 g/mol. The predicted octanol–water partition coefficient (Wildman–Crippen LogP) is 3.06. The molecule has 8 heteroatoms. The van der Waals surface area contributed by atoms with E-state index in [0.29, 0.717) is 24.5 Å². The minimum Gasteiger partial charge on any atom is -0.486 e. The number of nitrogens with one attached hydrogen (secondary N) is 1. The molecule has 1 aromatic heterocycles. The van der Waals surface area contributed by atoms with Crippen molar-refractivity contribution in [2.75, 3.05) is 32.1 Å². The van der Waals surface area contributed by atoms with Crippen LogP contribution in [0.1, 0.15) is 41.7 Å². The number of fused-ring (bicyclic) bond motifs is 1. The van der Waals surface area contributed by atoms with Crippen LogP contribution in [0.3, 0.4) is 0 Å². The summed E-state index contributed by atoms with van der Waals surface area (Å²) >= 11 is 1.35. The first-order chi connectivity index (χ1) is 14.6. The van der Waals surface area contributed by atoms with Crippen LogP contribution in [0.15, 0.2) is 41.6 Å². The molecular formula is C22H25N3O4S. The first-order valence-corrected chi connectivity index (χ1v) is 11.2. The van der Waals surface area contributed by atoms with Crippen LogP contribution < -0.4 is 14.8 Å². The van der Waals surface area contributed by atoms with Crippen molar-refractivity contribution < 1.29 is 19.1 Å². The van der Waals surface area contributed by atoms with E-state index in [1.54, 1.807) is 18.3 Å². The Kier molecular flexibility index (Phi) is 6.42. The highest BCUT2D eigenvalue weighted by atomic mass is 32.2. The maximum Gasteiger partial charge on any atom is 0.255 e. The van der Waals surface area contributed by atoms with Crippen LogP contribution in [0.5, 0.6) is 11.5 Å². The molecule has 2 aliphatic heterocycles.